The Bertz CT molecular complexity index is 575. The molecule has 0 bridgehead atoms. The van der Waals surface area contributed by atoms with Crippen LogP contribution in [0.5, 0.6) is 0 Å². The minimum atomic E-state index is -0.266. The molecule has 0 spiro atoms. The highest BCUT2D eigenvalue weighted by Gasteiger charge is 2.29. The number of rotatable bonds is 3. The molecule has 1 fully saturated rings. The highest BCUT2D eigenvalue weighted by Crippen LogP contribution is 2.40. The van der Waals surface area contributed by atoms with Gasteiger partial charge in [-0.2, -0.15) is 5.10 Å². The Kier molecular flexibility index (Phi) is 2.43. The van der Waals surface area contributed by atoms with Crippen molar-refractivity contribution in [3.05, 3.63) is 28.9 Å². The maximum absolute atomic E-state index is 12.0. The molecule has 3 rings (SSSR count). The second-order valence-corrected chi connectivity index (χ2v) is 4.65. The molecule has 1 saturated carbocycles. The van der Waals surface area contributed by atoms with Crippen LogP contribution in [0.1, 0.15) is 46.4 Å². The number of H-pyrrole nitrogens is 1. The van der Waals surface area contributed by atoms with E-state index in [2.05, 4.69) is 20.7 Å². The first-order chi connectivity index (χ1) is 8.65. The number of hydrogen-bond donors (Lipinski definition) is 2. The van der Waals surface area contributed by atoms with Crippen molar-refractivity contribution in [1.82, 2.24) is 15.4 Å². The predicted molar refractivity (Wildman–Crippen MR) is 64.5 cm³/mol. The second-order valence-electron chi connectivity index (χ2n) is 4.65. The van der Waals surface area contributed by atoms with Crippen LogP contribution < -0.4 is 5.32 Å². The molecule has 2 heterocycles. The van der Waals surface area contributed by atoms with E-state index in [4.69, 9.17) is 4.52 Å². The Hall–Kier alpha value is -2.11. The monoisotopic (exact) mass is 246 g/mol. The van der Waals surface area contributed by atoms with Gasteiger partial charge in [0.2, 0.25) is 0 Å². The van der Waals surface area contributed by atoms with Crippen molar-refractivity contribution < 1.29 is 9.32 Å². The van der Waals surface area contributed by atoms with E-state index in [1.54, 1.807) is 6.07 Å². The van der Waals surface area contributed by atoms with E-state index in [0.717, 1.165) is 30.0 Å². The first-order valence-corrected chi connectivity index (χ1v) is 5.94. The summed E-state index contributed by atoms with van der Waals surface area (Å²) in [5.41, 5.74) is 2.60. The van der Waals surface area contributed by atoms with E-state index in [9.17, 15) is 4.79 Å². The van der Waals surface area contributed by atoms with Gasteiger partial charge in [0.05, 0.1) is 17.1 Å². The Morgan fingerprint density at radius 2 is 2.28 bits per heavy atom. The number of anilines is 1. The molecule has 18 heavy (non-hydrogen) atoms. The van der Waals surface area contributed by atoms with Crippen molar-refractivity contribution in [3.8, 4) is 0 Å². The van der Waals surface area contributed by atoms with Gasteiger partial charge in [-0.05, 0) is 26.7 Å². The van der Waals surface area contributed by atoms with E-state index < -0.39 is 0 Å². The largest absolute Gasteiger partial charge is 0.360 e. The normalized spacial score (nSPS) is 14.8. The molecule has 0 aromatic carbocycles. The van der Waals surface area contributed by atoms with Crippen LogP contribution >= 0.6 is 0 Å². The molecule has 1 aliphatic carbocycles. The Morgan fingerprint density at radius 1 is 1.50 bits per heavy atom. The lowest BCUT2D eigenvalue weighted by atomic mass is 10.2. The first kappa shape index (κ1) is 11.0. The zero-order chi connectivity index (χ0) is 12.7. The van der Waals surface area contributed by atoms with E-state index in [1.807, 2.05) is 13.8 Å². The highest BCUT2D eigenvalue weighted by molar-refractivity contribution is 6.03. The molecule has 2 N–H and O–H groups in total. The standard InChI is InChI=1S/C12H14N4O2/c1-6-11(7(2)15-14-6)13-12(17)9-5-10(18-16-9)8-3-4-8/h5,8H,3-4H2,1-2H3,(H,13,17)(H,14,15). The van der Waals surface area contributed by atoms with Gasteiger partial charge in [-0.3, -0.25) is 9.89 Å². The van der Waals surface area contributed by atoms with Crippen molar-refractivity contribution >= 4 is 11.6 Å². The molecule has 1 aliphatic rings. The van der Waals surface area contributed by atoms with Crippen molar-refractivity contribution in [2.45, 2.75) is 32.6 Å². The van der Waals surface area contributed by atoms with Gasteiger partial charge in [0.15, 0.2) is 5.69 Å². The number of carbonyl (C=O) groups excluding carboxylic acids is 1. The van der Waals surface area contributed by atoms with Crippen LogP contribution in [0.25, 0.3) is 0 Å². The summed E-state index contributed by atoms with van der Waals surface area (Å²) in [4.78, 5) is 12.0. The van der Waals surface area contributed by atoms with Gasteiger partial charge in [0, 0.05) is 12.0 Å². The minimum Gasteiger partial charge on any atom is -0.360 e. The lowest BCUT2D eigenvalue weighted by Gasteiger charge is -2.01. The summed E-state index contributed by atoms with van der Waals surface area (Å²) in [6.07, 6.45) is 2.24. The highest BCUT2D eigenvalue weighted by atomic mass is 16.5. The minimum absolute atomic E-state index is 0.266. The second kappa shape index (κ2) is 3.97. The summed E-state index contributed by atoms with van der Waals surface area (Å²) in [5.74, 6) is 0.996. The summed E-state index contributed by atoms with van der Waals surface area (Å²) in [6.45, 7) is 3.69. The molecular weight excluding hydrogens is 232 g/mol. The third-order valence-corrected chi connectivity index (χ3v) is 3.11. The van der Waals surface area contributed by atoms with E-state index in [-0.39, 0.29) is 5.91 Å². The molecule has 0 aliphatic heterocycles. The molecule has 6 heteroatoms. The number of hydrogen-bond acceptors (Lipinski definition) is 4. The number of carbonyl (C=O) groups is 1. The summed E-state index contributed by atoms with van der Waals surface area (Å²) >= 11 is 0. The van der Waals surface area contributed by atoms with Crippen LogP contribution in [0.3, 0.4) is 0 Å². The Morgan fingerprint density at radius 3 is 2.89 bits per heavy atom. The summed E-state index contributed by atoms with van der Waals surface area (Å²) in [5, 5.41) is 13.4. The topological polar surface area (TPSA) is 83.8 Å². The average Bonchev–Trinajstić information content (AvgIpc) is 3.01. The van der Waals surface area contributed by atoms with Gasteiger partial charge in [0.25, 0.3) is 5.91 Å². The molecule has 2 aromatic heterocycles. The maximum atomic E-state index is 12.0. The van der Waals surface area contributed by atoms with Gasteiger partial charge in [-0.15, -0.1) is 0 Å². The summed E-state index contributed by atoms with van der Waals surface area (Å²) < 4.78 is 5.16. The SMILES string of the molecule is Cc1n[nH]c(C)c1NC(=O)c1cc(C2CC2)on1. The lowest BCUT2D eigenvalue weighted by Crippen LogP contribution is -2.13. The van der Waals surface area contributed by atoms with Crippen LogP contribution in [-0.2, 0) is 0 Å². The van der Waals surface area contributed by atoms with Crippen molar-refractivity contribution in [2.24, 2.45) is 0 Å². The van der Waals surface area contributed by atoms with Crippen molar-refractivity contribution in [2.75, 3.05) is 5.32 Å². The fourth-order valence-electron chi connectivity index (χ4n) is 1.87. The molecule has 0 atom stereocenters. The molecular formula is C12H14N4O2. The van der Waals surface area contributed by atoms with Crippen molar-refractivity contribution in [3.63, 3.8) is 0 Å². The average molecular weight is 246 g/mol. The Balaban J connectivity index is 1.77. The zero-order valence-electron chi connectivity index (χ0n) is 10.3. The number of nitrogens with zero attached hydrogens (tertiary/aromatic N) is 2. The van der Waals surface area contributed by atoms with Crippen LogP contribution in [0.4, 0.5) is 5.69 Å². The van der Waals surface area contributed by atoms with Crippen LogP contribution in [0, 0.1) is 13.8 Å². The van der Waals surface area contributed by atoms with Gasteiger partial charge >= 0.3 is 0 Å². The number of aromatic nitrogens is 3. The fourth-order valence-corrected chi connectivity index (χ4v) is 1.87. The Labute approximate surface area is 104 Å². The van der Waals surface area contributed by atoms with Gasteiger partial charge in [-0.1, -0.05) is 5.16 Å². The number of aryl methyl sites for hydroxylation is 2. The van der Waals surface area contributed by atoms with Crippen molar-refractivity contribution in [1.29, 1.82) is 0 Å². The number of amides is 1. The predicted octanol–water partition coefficient (Wildman–Crippen LogP) is 2.14. The molecule has 0 unspecified atom stereocenters. The lowest BCUT2D eigenvalue weighted by molar-refractivity contribution is 0.101. The fraction of sp³-hybridized carbons (Fsp3) is 0.417. The quantitative estimate of drug-likeness (QED) is 0.869. The molecule has 0 radical (unpaired) electrons. The van der Waals surface area contributed by atoms with E-state index in [0.29, 0.717) is 17.3 Å². The van der Waals surface area contributed by atoms with Crippen LogP contribution in [0.15, 0.2) is 10.6 Å². The van der Waals surface area contributed by atoms with Gasteiger partial charge in [-0.25, -0.2) is 0 Å². The van der Waals surface area contributed by atoms with E-state index in [1.165, 1.54) is 0 Å². The summed E-state index contributed by atoms with van der Waals surface area (Å²) in [6, 6.07) is 1.72. The third kappa shape index (κ3) is 1.90. The van der Waals surface area contributed by atoms with Gasteiger partial charge < -0.3 is 9.84 Å². The molecule has 94 valence electrons. The summed E-state index contributed by atoms with van der Waals surface area (Å²) in [7, 11) is 0. The molecule has 0 saturated heterocycles. The smallest absolute Gasteiger partial charge is 0.277 e. The van der Waals surface area contributed by atoms with E-state index >= 15 is 0 Å². The third-order valence-electron chi connectivity index (χ3n) is 3.11. The number of aromatic amines is 1. The first-order valence-electron chi connectivity index (χ1n) is 5.94. The molecule has 1 amide bonds. The maximum Gasteiger partial charge on any atom is 0.277 e. The van der Waals surface area contributed by atoms with Crippen LogP contribution in [-0.4, -0.2) is 21.3 Å². The van der Waals surface area contributed by atoms with Crippen LogP contribution in [0.2, 0.25) is 0 Å². The molecule has 2 aromatic rings. The zero-order valence-corrected chi connectivity index (χ0v) is 10.3. The van der Waals surface area contributed by atoms with Gasteiger partial charge in [0.1, 0.15) is 5.76 Å². The number of nitrogens with one attached hydrogen (secondary N) is 2. The molecule has 6 nitrogen and oxygen atoms in total.